The van der Waals surface area contributed by atoms with Crippen molar-refractivity contribution in [2.24, 2.45) is 7.05 Å². The van der Waals surface area contributed by atoms with E-state index in [4.69, 9.17) is 5.11 Å². The topological polar surface area (TPSA) is 61.6 Å². The van der Waals surface area contributed by atoms with Crippen molar-refractivity contribution in [3.8, 4) is 0 Å². The van der Waals surface area contributed by atoms with Gasteiger partial charge in [0, 0.05) is 33.2 Å². The second-order valence-electron chi connectivity index (χ2n) is 5.01. The molecule has 19 heavy (non-hydrogen) atoms. The zero-order valence-corrected chi connectivity index (χ0v) is 11.7. The SMILES string of the molecule is Cc1cc(C(=O)N2CCCN(CCO)CC2)n(C)n1. The van der Waals surface area contributed by atoms with Crippen LogP contribution in [0.1, 0.15) is 22.6 Å². The predicted octanol–water partition coefficient (Wildman–Crippen LogP) is -0.131. The average Bonchev–Trinajstić information content (AvgIpc) is 2.59. The van der Waals surface area contributed by atoms with Gasteiger partial charge in [-0.3, -0.25) is 14.4 Å². The molecule has 106 valence electrons. The highest BCUT2D eigenvalue weighted by molar-refractivity contribution is 5.92. The van der Waals surface area contributed by atoms with Crippen LogP contribution in [0, 0.1) is 6.92 Å². The van der Waals surface area contributed by atoms with E-state index >= 15 is 0 Å². The lowest BCUT2D eigenvalue weighted by Crippen LogP contribution is -2.36. The number of rotatable bonds is 3. The number of aryl methyl sites for hydroxylation is 2. The fourth-order valence-electron chi connectivity index (χ4n) is 2.51. The van der Waals surface area contributed by atoms with Crippen LogP contribution in [0.2, 0.25) is 0 Å². The second kappa shape index (κ2) is 6.16. The van der Waals surface area contributed by atoms with Gasteiger partial charge in [0.2, 0.25) is 0 Å². The lowest BCUT2D eigenvalue weighted by molar-refractivity contribution is 0.0749. The summed E-state index contributed by atoms with van der Waals surface area (Å²) in [6.45, 7) is 6.00. The molecule has 1 aromatic rings. The Kier molecular flexibility index (Phi) is 4.55. The third-order valence-electron chi connectivity index (χ3n) is 3.51. The van der Waals surface area contributed by atoms with E-state index in [2.05, 4.69) is 10.00 Å². The maximum absolute atomic E-state index is 12.4. The molecule has 1 saturated heterocycles. The van der Waals surface area contributed by atoms with Crippen molar-refractivity contribution >= 4 is 5.91 Å². The summed E-state index contributed by atoms with van der Waals surface area (Å²) in [5.41, 5.74) is 1.51. The van der Waals surface area contributed by atoms with Gasteiger partial charge in [0.1, 0.15) is 5.69 Å². The smallest absolute Gasteiger partial charge is 0.272 e. The molecule has 6 nitrogen and oxygen atoms in total. The van der Waals surface area contributed by atoms with Gasteiger partial charge in [-0.15, -0.1) is 0 Å². The number of hydrogen-bond donors (Lipinski definition) is 1. The Labute approximate surface area is 113 Å². The number of carbonyl (C=O) groups excluding carboxylic acids is 1. The van der Waals surface area contributed by atoms with Gasteiger partial charge in [-0.2, -0.15) is 5.10 Å². The van der Waals surface area contributed by atoms with Crippen LogP contribution in [0.25, 0.3) is 0 Å². The van der Waals surface area contributed by atoms with E-state index < -0.39 is 0 Å². The van der Waals surface area contributed by atoms with Crippen LogP contribution in [-0.4, -0.2) is 69.9 Å². The molecule has 0 unspecified atom stereocenters. The number of hydrogen-bond acceptors (Lipinski definition) is 4. The third-order valence-corrected chi connectivity index (χ3v) is 3.51. The van der Waals surface area contributed by atoms with Crippen LogP contribution in [0.4, 0.5) is 0 Å². The standard InChI is InChI=1S/C13H22N4O2/c1-11-10-12(15(2)14-11)13(19)17-5-3-4-16(6-7-17)8-9-18/h10,18H,3-9H2,1-2H3. The maximum Gasteiger partial charge on any atom is 0.272 e. The molecule has 2 rings (SSSR count). The first-order valence-corrected chi connectivity index (χ1v) is 6.75. The van der Waals surface area contributed by atoms with Crippen LogP contribution in [0.5, 0.6) is 0 Å². The number of carbonyl (C=O) groups is 1. The van der Waals surface area contributed by atoms with E-state index in [9.17, 15) is 4.79 Å². The molecule has 0 aliphatic carbocycles. The van der Waals surface area contributed by atoms with Gasteiger partial charge < -0.3 is 10.0 Å². The van der Waals surface area contributed by atoms with Crippen molar-refractivity contribution < 1.29 is 9.90 Å². The average molecular weight is 266 g/mol. The molecule has 0 saturated carbocycles. The second-order valence-corrected chi connectivity index (χ2v) is 5.01. The first kappa shape index (κ1) is 14.0. The monoisotopic (exact) mass is 266 g/mol. The molecule has 0 bridgehead atoms. The Hall–Kier alpha value is -1.40. The summed E-state index contributed by atoms with van der Waals surface area (Å²) in [4.78, 5) is 16.5. The van der Waals surface area contributed by atoms with Crippen molar-refractivity contribution in [2.75, 3.05) is 39.3 Å². The van der Waals surface area contributed by atoms with Gasteiger partial charge in [0.25, 0.3) is 5.91 Å². The molecule has 1 aliphatic heterocycles. The Bertz CT molecular complexity index is 444. The minimum Gasteiger partial charge on any atom is -0.395 e. The highest BCUT2D eigenvalue weighted by Gasteiger charge is 2.22. The Morgan fingerprint density at radius 3 is 2.79 bits per heavy atom. The lowest BCUT2D eigenvalue weighted by Gasteiger charge is -2.21. The minimum atomic E-state index is 0.0500. The first-order valence-electron chi connectivity index (χ1n) is 6.75. The fraction of sp³-hybridized carbons (Fsp3) is 0.692. The van der Waals surface area contributed by atoms with Crippen molar-refractivity contribution in [1.29, 1.82) is 0 Å². The quantitative estimate of drug-likeness (QED) is 0.828. The largest absolute Gasteiger partial charge is 0.395 e. The van der Waals surface area contributed by atoms with E-state index in [1.54, 1.807) is 11.7 Å². The maximum atomic E-state index is 12.4. The van der Waals surface area contributed by atoms with Gasteiger partial charge in [-0.05, 0) is 26.0 Å². The normalized spacial score (nSPS) is 17.5. The van der Waals surface area contributed by atoms with Crippen molar-refractivity contribution in [2.45, 2.75) is 13.3 Å². The van der Waals surface area contributed by atoms with Crippen LogP contribution in [0.15, 0.2) is 6.07 Å². The molecule has 0 radical (unpaired) electrons. The third kappa shape index (κ3) is 3.33. The van der Waals surface area contributed by atoms with Gasteiger partial charge in [-0.1, -0.05) is 0 Å². The Morgan fingerprint density at radius 2 is 2.16 bits per heavy atom. The number of amides is 1. The zero-order chi connectivity index (χ0) is 13.8. The molecule has 1 N–H and O–H groups in total. The molecule has 2 heterocycles. The first-order chi connectivity index (χ1) is 9.11. The summed E-state index contributed by atoms with van der Waals surface area (Å²) >= 11 is 0. The van der Waals surface area contributed by atoms with Crippen LogP contribution in [-0.2, 0) is 7.05 Å². The van der Waals surface area contributed by atoms with E-state index in [1.165, 1.54) is 0 Å². The number of nitrogens with zero attached hydrogens (tertiary/aromatic N) is 4. The predicted molar refractivity (Wildman–Crippen MR) is 72.0 cm³/mol. The van der Waals surface area contributed by atoms with Crippen molar-refractivity contribution in [3.05, 3.63) is 17.5 Å². The van der Waals surface area contributed by atoms with Crippen LogP contribution >= 0.6 is 0 Å². The van der Waals surface area contributed by atoms with Crippen molar-refractivity contribution in [3.63, 3.8) is 0 Å². The van der Waals surface area contributed by atoms with E-state index in [0.29, 0.717) is 18.8 Å². The summed E-state index contributed by atoms with van der Waals surface area (Å²) in [6, 6.07) is 1.83. The Morgan fingerprint density at radius 1 is 1.37 bits per heavy atom. The van der Waals surface area contributed by atoms with Crippen molar-refractivity contribution in [1.82, 2.24) is 19.6 Å². The summed E-state index contributed by atoms with van der Waals surface area (Å²) < 4.78 is 1.65. The highest BCUT2D eigenvalue weighted by atomic mass is 16.3. The van der Waals surface area contributed by atoms with Crippen LogP contribution < -0.4 is 0 Å². The molecule has 1 aliphatic rings. The summed E-state index contributed by atoms with van der Waals surface area (Å²) in [6.07, 6.45) is 0.947. The van der Waals surface area contributed by atoms with E-state index in [0.717, 1.165) is 31.7 Å². The molecular weight excluding hydrogens is 244 g/mol. The number of aliphatic hydroxyl groups is 1. The van der Waals surface area contributed by atoms with Gasteiger partial charge in [0.15, 0.2) is 0 Å². The fourth-order valence-corrected chi connectivity index (χ4v) is 2.51. The molecule has 6 heteroatoms. The number of aromatic nitrogens is 2. The zero-order valence-electron chi connectivity index (χ0n) is 11.7. The molecule has 1 fully saturated rings. The van der Waals surface area contributed by atoms with Gasteiger partial charge in [0.05, 0.1) is 12.3 Å². The van der Waals surface area contributed by atoms with Crippen LogP contribution in [0.3, 0.4) is 0 Å². The molecule has 1 amide bonds. The summed E-state index contributed by atoms with van der Waals surface area (Å²) in [7, 11) is 1.80. The van der Waals surface area contributed by atoms with E-state index in [-0.39, 0.29) is 12.5 Å². The summed E-state index contributed by atoms with van der Waals surface area (Å²) in [5.74, 6) is 0.0500. The minimum absolute atomic E-state index is 0.0500. The Balaban J connectivity index is 2.02. The lowest BCUT2D eigenvalue weighted by atomic mass is 10.3. The van der Waals surface area contributed by atoms with E-state index in [1.807, 2.05) is 17.9 Å². The molecule has 0 aromatic carbocycles. The van der Waals surface area contributed by atoms with Gasteiger partial charge in [-0.25, -0.2) is 0 Å². The molecule has 1 aromatic heterocycles. The van der Waals surface area contributed by atoms with Gasteiger partial charge >= 0.3 is 0 Å². The highest BCUT2D eigenvalue weighted by Crippen LogP contribution is 2.10. The summed E-state index contributed by atoms with van der Waals surface area (Å²) in [5, 5.41) is 13.2. The molecular formula is C13H22N4O2. The molecule has 0 atom stereocenters. The number of β-amino-alcohol motifs (C(OH)–C–C–N with tert-alkyl or cyclic N) is 1. The molecule has 0 spiro atoms. The number of aliphatic hydroxyl groups excluding tert-OH is 1.